The number of nitrogens with zero attached hydrogens (tertiary/aromatic N) is 1. The average Bonchev–Trinajstić information content (AvgIpc) is 2.62. The third kappa shape index (κ3) is 4.45. The van der Waals surface area contributed by atoms with Crippen LogP contribution in [0.2, 0.25) is 0 Å². The summed E-state index contributed by atoms with van der Waals surface area (Å²) < 4.78 is 68.4. The molecule has 2 heterocycles. The molecule has 1 fully saturated rings. The quantitative estimate of drug-likeness (QED) is 0.776. The average molecular weight is 422 g/mol. The number of phenols is 1. The Balaban J connectivity index is 1.70. The lowest BCUT2D eigenvalue weighted by molar-refractivity contribution is -0.107. The van der Waals surface area contributed by atoms with Gasteiger partial charge in [-0.25, -0.2) is 12.7 Å². The molecule has 1 aromatic rings. The molecule has 0 aromatic heterocycles. The van der Waals surface area contributed by atoms with Gasteiger partial charge in [-0.3, -0.25) is 0 Å². The van der Waals surface area contributed by atoms with Crippen molar-refractivity contribution in [2.45, 2.75) is 44.6 Å². The van der Waals surface area contributed by atoms with Crippen molar-refractivity contribution in [3.8, 4) is 5.75 Å². The minimum Gasteiger partial charge on any atom is -0.507 e. The molecule has 28 heavy (non-hydrogen) atoms. The Morgan fingerprint density at radius 2 is 1.93 bits per heavy atom. The fourth-order valence-electron chi connectivity index (χ4n) is 4.10. The van der Waals surface area contributed by atoms with Crippen molar-refractivity contribution in [2.24, 2.45) is 11.7 Å². The summed E-state index contributed by atoms with van der Waals surface area (Å²) in [6.45, 7) is 2.11. The molecule has 1 saturated heterocycles. The van der Waals surface area contributed by atoms with E-state index < -0.39 is 22.0 Å². The van der Waals surface area contributed by atoms with Gasteiger partial charge in [-0.15, -0.1) is 0 Å². The summed E-state index contributed by atoms with van der Waals surface area (Å²) in [6, 6.07) is 3.70. The molecule has 0 bridgehead atoms. The van der Waals surface area contributed by atoms with Gasteiger partial charge >= 0.3 is 6.18 Å². The highest BCUT2D eigenvalue weighted by molar-refractivity contribution is 7.89. The summed E-state index contributed by atoms with van der Waals surface area (Å²) in [5.41, 5.74) is 8.23. The molecule has 158 valence electrons. The van der Waals surface area contributed by atoms with E-state index in [1.807, 2.05) is 19.1 Å². The molecule has 3 rings (SSSR count). The molecule has 6 nitrogen and oxygen atoms in total. The second-order valence-corrected chi connectivity index (χ2v) is 9.48. The number of ether oxygens (including phenoxy) is 1. The number of hydrogen-bond acceptors (Lipinski definition) is 5. The Kier molecular flexibility index (Phi) is 5.96. The Bertz CT molecular complexity index is 821. The van der Waals surface area contributed by atoms with E-state index in [9.17, 15) is 26.7 Å². The number of aryl methyl sites for hydroxylation is 1. The maximum atomic E-state index is 12.5. The van der Waals surface area contributed by atoms with E-state index in [2.05, 4.69) is 0 Å². The molecule has 10 heteroatoms. The van der Waals surface area contributed by atoms with Gasteiger partial charge in [0.05, 0.1) is 12.2 Å². The molecule has 0 spiro atoms. The van der Waals surface area contributed by atoms with E-state index in [0.717, 1.165) is 21.0 Å². The standard InChI is InChI=1S/C18H25F3N2O4S/c1-11-2-3-13-14(17(11)24)8-15(27-16(13)9-22)12-4-6-23(7-5-12)28(25,26)10-18(19,20)21/h2-3,12,15-16,24H,4-10,22H2,1H3/t15-,16-/m0/s1. The lowest BCUT2D eigenvalue weighted by atomic mass is 9.83. The van der Waals surface area contributed by atoms with Crippen LogP contribution in [0.4, 0.5) is 13.2 Å². The zero-order valence-electron chi connectivity index (χ0n) is 15.6. The Morgan fingerprint density at radius 1 is 1.29 bits per heavy atom. The van der Waals surface area contributed by atoms with Crippen LogP contribution in [-0.2, 0) is 21.2 Å². The minimum atomic E-state index is -4.75. The third-order valence-electron chi connectivity index (χ3n) is 5.59. The van der Waals surface area contributed by atoms with Gasteiger partial charge in [-0.1, -0.05) is 12.1 Å². The van der Waals surface area contributed by atoms with E-state index >= 15 is 0 Å². The summed E-state index contributed by atoms with van der Waals surface area (Å²) in [6.07, 6.45) is -4.11. The summed E-state index contributed by atoms with van der Waals surface area (Å²) in [5, 5.41) is 10.4. The number of nitrogens with two attached hydrogens (primary N) is 1. The van der Waals surface area contributed by atoms with Crippen LogP contribution in [0, 0.1) is 12.8 Å². The number of fused-ring (bicyclic) bond motifs is 1. The number of piperidine rings is 1. The van der Waals surface area contributed by atoms with Crippen molar-refractivity contribution in [1.29, 1.82) is 0 Å². The first kappa shape index (κ1) is 21.4. The van der Waals surface area contributed by atoms with Crippen LogP contribution < -0.4 is 5.73 Å². The van der Waals surface area contributed by atoms with E-state index in [0.29, 0.717) is 19.3 Å². The lowest BCUT2D eigenvalue weighted by Gasteiger charge is -2.40. The van der Waals surface area contributed by atoms with E-state index in [4.69, 9.17) is 10.5 Å². The monoisotopic (exact) mass is 422 g/mol. The van der Waals surface area contributed by atoms with Gasteiger partial charge in [0.1, 0.15) is 5.75 Å². The Morgan fingerprint density at radius 3 is 2.50 bits per heavy atom. The second kappa shape index (κ2) is 7.81. The molecule has 0 aliphatic carbocycles. The predicted octanol–water partition coefficient (Wildman–Crippen LogP) is 2.25. The normalized spacial score (nSPS) is 24.9. The Labute approximate surface area is 162 Å². The molecular weight excluding hydrogens is 397 g/mol. The highest BCUT2D eigenvalue weighted by atomic mass is 32.2. The maximum Gasteiger partial charge on any atom is 0.404 e. The van der Waals surface area contributed by atoms with Gasteiger partial charge in [0.2, 0.25) is 10.0 Å². The number of benzene rings is 1. The van der Waals surface area contributed by atoms with Crippen molar-refractivity contribution in [1.82, 2.24) is 4.31 Å². The van der Waals surface area contributed by atoms with Crippen LogP contribution in [0.1, 0.15) is 35.6 Å². The highest BCUT2D eigenvalue weighted by Gasteiger charge is 2.41. The molecule has 0 unspecified atom stereocenters. The number of rotatable bonds is 4. The number of sulfonamides is 1. The van der Waals surface area contributed by atoms with Crippen LogP contribution in [0.5, 0.6) is 5.75 Å². The van der Waals surface area contributed by atoms with Crippen LogP contribution in [0.15, 0.2) is 12.1 Å². The van der Waals surface area contributed by atoms with Gasteiger partial charge in [0.25, 0.3) is 0 Å². The van der Waals surface area contributed by atoms with E-state index in [1.165, 1.54) is 0 Å². The predicted molar refractivity (Wildman–Crippen MR) is 97.4 cm³/mol. The Hall–Kier alpha value is -1.36. The molecule has 2 aliphatic heterocycles. The largest absolute Gasteiger partial charge is 0.507 e. The van der Waals surface area contributed by atoms with Gasteiger partial charge in [0.15, 0.2) is 5.75 Å². The molecule has 2 aliphatic rings. The van der Waals surface area contributed by atoms with Crippen molar-refractivity contribution in [3.05, 3.63) is 28.8 Å². The SMILES string of the molecule is Cc1ccc2c(c1O)C[C@@H](C1CCN(S(=O)(=O)CC(F)(F)F)CC1)O[C@H]2CN. The lowest BCUT2D eigenvalue weighted by Crippen LogP contribution is -2.46. The number of halogens is 3. The van der Waals surface area contributed by atoms with Crippen molar-refractivity contribution >= 4 is 10.0 Å². The number of phenolic OH excluding ortho intramolecular Hbond substituents is 1. The van der Waals surface area contributed by atoms with Gasteiger partial charge < -0.3 is 15.6 Å². The topological polar surface area (TPSA) is 92.9 Å². The van der Waals surface area contributed by atoms with Gasteiger partial charge in [0, 0.05) is 31.6 Å². The van der Waals surface area contributed by atoms with Crippen molar-refractivity contribution in [3.63, 3.8) is 0 Å². The molecule has 0 amide bonds. The number of alkyl halides is 3. The number of hydrogen-bond donors (Lipinski definition) is 2. The van der Waals surface area contributed by atoms with Crippen LogP contribution in [-0.4, -0.2) is 55.5 Å². The van der Waals surface area contributed by atoms with E-state index in [-0.39, 0.29) is 43.5 Å². The first-order valence-electron chi connectivity index (χ1n) is 9.23. The molecule has 0 saturated carbocycles. The van der Waals surface area contributed by atoms with Crippen LogP contribution >= 0.6 is 0 Å². The second-order valence-electron chi connectivity index (χ2n) is 7.51. The maximum absolute atomic E-state index is 12.5. The third-order valence-corrected chi connectivity index (χ3v) is 7.43. The smallest absolute Gasteiger partial charge is 0.404 e. The fraction of sp³-hybridized carbons (Fsp3) is 0.667. The zero-order valence-corrected chi connectivity index (χ0v) is 16.4. The molecule has 1 aromatic carbocycles. The van der Waals surface area contributed by atoms with Crippen molar-refractivity contribution < 1.29 is 31.4 Å². The fourth-order valence-corrected chi connectivity index (χ4v) is 5.47. The summed E-state index contributed by atoms with van der Waals surface area (Å²) in [5.74, 6) is -1.63. The van der Waals surface area contributed by atoms with Gasteiger partial charge in [-0.05, 0) is 36.8 Å². The zero-order chi connectivity index (χ0) is 20.7. The highest BCUT2D eigenvalue weighted by Crippen LogP contribution is 2.40. The van der Waals surface area contributed by atoms with Crippen molar-refractivity contribution in [2.75, 3.05) is 25.4 Å². The summed E-state index contributed by atoms with van der Waals surface area (Å²) >= 11 is 0. The van der Waals surface area contributed by atoms with Gasteiger partial charge in [-0.2, -0.15) is 13.2 Å². The molecular formula is C18H25F3N2O4S. The van der Waals surface area contributed by atoms with Crippen LogP contribution in [0.25, 0.3) is 0 Å². The first-order chi connectivity index (χ1) is 13.0. The van der Waals surface area contributed by atoms with Crippen LogP contribution in [0.3, 0.4) is 0 Å². The summed E-state index contributed by atoms with van der Waals surface area (Å²) in [4.78, 5) is 0. The molecule has 3 N–H and O–H groups in total. The summed E-state index contributed by atoms with van der Waals surface area (Å²) in [7, 11) is -4.36. The number of aromatic hydroxyl groups is 1. The first-order valence-corrected chi connectivity index (χ1v) is 10.8. The molecule has 2 atom stereocenters. The molecule has 0 radical (unpaired) electrons. The minimum absolute atomic E-state index is 0.0144. The van der Waals surface area contributed by atoms with E-state index in [1.54, 1.807) is 0 Å².